The van der Waals surface area contributed by atoms with Crippen LogP contribution in [-0.2, 0) is 0 Å². The predicted octanol–water partition coefficient (Wildman–Crippen LogP) is 2.91. The van der Waals surface area contributed by atoms with Crippen LogP contribution >= 0.6 is 15.9 Å². The van der Waals surface area contributed by atoms with Crippen LogP contribution in [-0.4, -0.2) is 18.6 Å². The number of rotatable bonds is 4. The maximum atomic E-state index is 5.91. The van der Waals surface area contributed by atoms with Crippen LogP contribution in [0.5, 0.6) is 0 Å². The third kappa shape index (κ3) is 3.09. The van der Waals surface area contributed by atoms with E-state index in [4.69, 9.17) is 5.73 Å². The van der Waals surface area contributed by atoms with Crippen molar-refractivity contribution in [1.29, 1.82) is 0 Å². The van der Waals surface area contributed by atoms with Crippen molar-refractivity contribution in [1.82, 2.24) is 4.98 Å². The Morgan fingerprint density at radius 2 is 2.20 bits per heavy atom. The zero-order valence-electron chi connectivity index (χ0n) is 9.50. The summed E-state index contributed by atoms with van der Waals surface area (Å²) in [7, 11) is 2.06. The molecule has 3 nitrogen and oxygen atoms in total. The first kappa shape index (κ1) is 12.3. The highest BCUT2D eigenvalue weighted by Gasteiger charge is 2.11. The third-order valence-electron chi connectivity index (χ3n) is 2.57. The van der Waals surface area contributed by atoms with Crippen LogP contribution in [0.1, 0.15) is 20.3 Å². The first-order chi connectivity index (χ1) is 7.06. The molecule has 0 saturated heterocycles. The van der Waals surface area contributed by atoms with Crippen LogP contribution in [0.25, 0.3) is 0 Å². The fraction of sp³-hybridized carbons (Fsp3) is 0.545. The Hall–Kier alpha value is -0.770. The van der Waals surface area contributed by atoms with Crippen molar-refractivity contribution in [2.45, 2.75) is 20.3 Å². The number of hydrogen-bond acceptors (Lipinski definition) is 3. The Kier molecular flexibility index (Phi) is 4.39. The maximum absolute atomic E-state index is 5.91. The highest BCUT2D eigenvalue weighted by atomic mass is 79.9. The third-order valence-corrected chi connectivity index (χ3v) is 3.15. The number of nitrogen functional groups attached to an aromatic ring is 1. The summed E-state index contributed by atoms with van der Waals surface area (Å²) in [6.07, 6.45) is 4.64. The molecule has 0 fully saturated rings. The number of halogens is 1. The number of nitrogens with zero attached hydrogens (tertiary/aromatic N) is 2. The molecule has 0 aromatic carbocycles. The molecule has 0 aliphatic carbocycles. The number of hydrogen-bond donors (Lipinski definition) is 1. The molecule has 0 aliphatic heterocycles. The fourth-order valence-corrected chi connectivity index (χ4v) is 2.18. The van der Waals surface area contributed by atoms with Crippen molar-refractivity contribution >= 4 is 27.3 Å². The second-order valence-electron chi connectivity index (χ2n) is 3.95. The summed E-state index contributed by atoms with van der Waals surface area (Å²) in [5.74, 6) is 0.662. The van der Waals surface area contributed by atoms with Crippen LogP contribution in [0.4, 0.5) is 11.4 Å². The Balaban J connectivity index is 2.86. The molecule has 2 N–H and O–H groups in total. The number of aromatic nitrogens is 1. The van der Waals surface area contributed by atoms with E-state index in [1.54, 1.807) is 12.4 Å². The van der Waals surface area contributed by atoms with Crippen molar-refractivity contribution in [3.63, 3.8) is 0 Å². The summed E-state index contributed by atoms with van der Waals surface area (Å²) in [5, 5.41) is 0. The van der Waals surface area contributed by atoms with Crippen LogP contribution in [0.3, 0.4) is 0 Å². The standard InChI is InChI=1S/C11H18BrN3/c1-4-8(2)7-15(3)11-9(12)5-14-6-10(11)13/h5-6,8H,4,7,13H2,1-3H3. The van der Waals surface area contributed by atoms with Gasteiger partial charge in [-0.3, -0.25) is 4.98 Å². The maximum Gasteiger partial charge on any atom is 0.0773 e. The van der Waals surface area contributed by atoms with E-state index in [0.717, 1.165) is 22.4 Å². The summed E-state index contributed by atoms with van der Waals surface area (Å²) in [6, 6.07) is 0. The van der Waals surface area contributed by atoms with Gasteiger partial charge in [0.2, 0.25) is 0 Å². The Bertz CT molecular complexity index is 307. The van der Waals surface area contributed by atoms with E-state index >= 15 is 0 Å². The van der Waals surface area contributed by atoms with Gasteiger partial charge in [-0.1, -0.05) is 20.3 Å². The normalized spacial score (nSPS) is 12.5. The van der Waals surface area contributed by atoms with Crippen molar-refractivity contribution in [2.24, 2.45) is 5.92 Å². The zero-order chi connectivity index (χ0) is 11.4. The molecular formula is C11H18BrN3. The molecule has 1 aromatic heterocycles. The summed E-state index contributed by atoms with van der Waals surface area (Å²) < 4.78 is 0.952. The van der Waals surface area contributed by atoms with Gasteiger partial charge in [0.05, 0.1) is 22.0 Å². The average molecular weight is 272 g/mol. The summed E-state index contributed by atoms with van der Waals surface area (Å²) in [5.41, 5.74) is 7.66. The lowest BCUT2D eigenvalue weighted by Crippen LogP contribution is -2.24. The van der Waals surface area contributed by atoms with Gasteiger partial charge in [0.15, 0.2) is 0 Å². The van der Waals surface area contributed by atoms with Crippen LogP contribution in [0.15, 0.2) is 16.9 Å². The first-order valence-corrected chi connectivity index (χ1v) is 5.95. The van der Waals surface area contributed by atoms with E-state index < -0.39 is 0 Å². The Morgan fingerprint density at radius 3 is 2.73 bits per heavy atom. The monoisotopic (exact) mass is 271 g/mol. The van der Waals surface area contributed by atoms with E-state index in [2.05, 4.69) is 46.7 Å². The molecule has 1 rings (SSSR count). The van der Waals surface area contributed by atoms with Crippen LogP contribution in [0.2, 0.25) is 0 Å². The Morgan fingerprint density at radius 1 is 1.53 bits per heavy atom. The van der Waals surface area contributed by atoms with Gasteiger partial charge in [-0.05, 0) is 21.8 Å². The molecule has 84 valence electrons. The van der Waals surface area contributed by atoms with E-state index in [1.165, 1.54) is 6.42 Å². The van der Waals surface area contributed by atoms with Crippen molar-refractivity contribution in [3.8, 4) is 0 Å². The van der Waals surface area contributed by atoms with Gasteiger partial charge in [0.25, 0.3) is 0 Å². The van der Waals surface area contributed by atoms with Crippen molar-refractivity contribution in [2.75, 3.05) is 24.2 Å². The molecule has 0 bridgehead atoms. The lowest BCUT2D eigenvalue weighted by atomic mass is 10.1. The van der Waals surface area contributed by atoms with E-state index in [0.29, 0.717) is 5.92 Å². The van der Waals surface area contributed by atoms with Crippen molar-refractivity contribution < 1.29 is 0 Å². The lowest BCUT2D eigenvalue weighted by Gasteiger charge is -2.24. The zero-order valence-corrected chi connectivity index (χ0v) is 11.1. The smallest absolute Gasteiger partial charge is 0.0773 e. The molecule has 1 atom stereocenters. The van der Waals surface area contributed by atoms with Gasteiger partial charge in [-0.25, -0.2) is 0 Å². The van der Waals surface area contributed by atoms with Gasteiger partial charge < -0.3 is 10.6 Å². The van der Waals surface area contributed by atoms with Crippen LogP contribution < -0.4 is 10.6 Å². The van der Waals surface area contributed by atoms with Gasteiger partial charge >= 0.3 is 0 Å². The van der Waals surface area contributed by atoms with E-state index in [-0.39, 0.29) is 0 Å². The second-order valence-corrected chi connectivity index (χ2v) is 4.81. The molecule has 1 heterocycles. The number of anilines is 2. The predicted molar refractivity (Wildman–Crippen MR) is 69.1 cm³/mol. The number of pyridine rings is 1. The molecule has 15 heavy (non-hydrogen) atoms. The van der Waals surface area contributed by atoms with Gasteiger partial charge in [-0.2, -0.15) is 0 Å². The summed E-state index contributed by atoms with van der Waals surface area (Å²) in [6.45, 7) is 5.44. The summed E-state index contributed by atoms with van der Waals surface area (Å²) in [4.78, 5) is 6.20. The highest BCUT2D eigenvalue weighted by molar-refractivity contribution is 9.10. The minimum absolute atomic E-state index is 0.662. The largest absolute Gasteiger partial charge is 0.396 e. The van der Waals surface area contributed by atoms with Crippen molar-refractivity contribution in [3.05, 3.63) is 16.9 Å². The SMILES string of the molecule is CCC(C)CN(C)c1c(N)cncc1Br. The molecular weight excluding hydrogens is 254 g/mol. The molecule has 0 amide bonds. The quantitative estimate of drug-likeness (QED) is 0.916. The minimum atomic E-state index is 0.662. The molecule has 4 heteroatoms. The number of nitrogens with two attached hydrogens (primary N) is 1. The van der Waals surface area contributed by atoms with E-state index in [1.807, 2.05) is 0 Å². The molecule has 0 saturated carbocycles. The van der Waals surface area contributed by atoms with Gasteiger partial charge in [0.1, 0.15) is 0 Å². The molecule has 0 aliphatic rings. The van der Waals surface area contributed by atoms with Gasteiger partial charge in [0, 0.05) is 19.8 Å². The topological polar surface area (TPSA) is 42.1 Å². The second kappa shape index (κ2) is 5.35. The first-order valence-electron chi connectivity index (χ1n) is 5.16. The average Bonchev–Trinajstić information content (AvgIpc) is 2.17. The van der Waals surface area contributed by atoms with E-state index in [9.17, 15) is 0 Å². The fourth-order valence-electron chi connectivity index (χ4n) is 1.53. The molecule has 1 unspecified atom stereocenters. The minimum Gasteiger partial charge on any atom is -0.396 e. The molecule has 0 spiro atoms. The molecule has 0 radical (unpaired) electrons. The Labute approximate surface area is 99.8 Å². The highest BCUT2D eigenvalue weighted by Crippen LogP contribution is 2.30. The molecule has 1 aromatic rings. The lowest BCUT2D eigenvalue weighted by molar-refractivity contribution is 0.560. The van der Waals surface area contributed by atoms with Gasteiger partial charge in [-0.15, -0.1) is 0 Å². The van der Waals surface area contributed by atoms with Crippen LogP contribution in [0, 0.1) is 5.92 Å². The summed E-state index contributed by atoms with van der Waals surface area (Å²) >= 11 is 3.48.